The molecule has 7 nitrogen and oxygen atoms in total. The van der Waals surface area contributed by atoms with Gasteiger partial charge in [0.05, 0.1) is 18.7 Å². The van der Waals surface area contributed by atoms with E-state index >= 15 is 0 Å². The number of urea groups is 1. The van der Waals surface area contributed by atoms with Crippen molar-refractivity contribution >= 4 is 29.3 Å². The maximum atomic E-state index is 13.2. The van der Waals surface area contributed by atoms with Crippen LogP contribution in [0.4, 0.5) is 14.9 Å². The van der Waals surface area contributed by atoms with Gasteiger partial charge in [0.1, 0.15) is 5.82 Å². The highest BCUT2D eigenvalue weighted by molar-refractivity contribution is 6.31. The van der Waals surface area contributed by atoms with Crippen molar-refractivity contribution in [2.75, 3.05) is 44.7 Å². The quantitative estimate of drug-likeness (QED) is 0.674. The van der Waals surface area contributed by atoms with Crippen LogP contribution in [-0.2, 0) is 9.53 Å². The Morgan fingerprint density at radius 2 is 1.81 bits per heavy atom. The molecule has 2 amide bonds. The molecule has 2 aliphatic rings. The second-order valence-corrected chi connectivity index (χ2v) is 8.08. The van der Waals surface area contributed by atoms with Gasteiger partial charge in [-0.3, -0.25) is 4.90 Å². The summed E-state index contributed by atoms with van der Waals surface area (Å²) in [6, 6.07) is 12.4. The lowest BCUT2D eigenvalue weighted by molar-refractivity contribution is -0.136. The molecule has 0 spiro atoms. The van der Waals surface area contributed by atoms with Crippen LogP contribution in [0.15, 0.2) is 59.8 Å². The normalized spacial score (nSPS) is 19.4. The minimum atomic E-state index is -0.708. The van der Waals surface area contributed by atoms with Crippen LogP contribution in [0.1, 0.15) is 11.6 Å². The number of ether oxygens (including phenoxy) is 1. The van der Waals surface area contributed by atoms with E-state index in [1.54, 1.807) is 36.4 Å². The number of rotatable bonds is 5. The summed E-state index contributed by atoms with van der Waals surface area (Å²) in [6.07, 6.45) is 0. The Hall–Kier alpha value is -3.10. The van der Waals surface area contributed by atoms with Gasteiger partial charge in [-0.2, -0.15) is 0 Å². The van der Waals surface area contributed by atoms with E-state index < -0.39 is 18.0 Å². The van der Waals surface area contributed by atoms with Gasteiger partial charge in [0.25, 0.3) is 0 Å². The standard InChI is InChI=1S/C23H24ClFN4O3/c1-32-22(30)20-19(26-23(31)27-21(20)17-4-2-3-5-18(17)24)14-28-10-12-29(13-11-28)16-8-6-15(25)7-9-16/h2-9,21H,10-14H2,1H3,(H2,26,27,31)/t21-/m1/s1. The number of nitrogens with one attached hydrogen (secondary N) is 2. The number of amides is 2. The molecule has 4 rings (SSSR count). The summed E-state index contributed by atoms with van der Waals surface area (Å²) in [5.41, 5.74) is 2.43. The number of hydrogen-bond donors (Lipinski definition) is 2. The molecule has 32 heavy (non-hydrogen) atoms. The van der Waals surface area contributed by atoms with Gasteiger partial charge in [-0.25, -0.2) is 14.0 Å². The van der Waals surface area contributed by atoms with Gasteiger partial charge >= 0.3 is 12.0 Å². The van der Waals surface area contributed by atoms with E-state index in [-0.39, 0.29) is 5.82 Å². The highest BCUT2D eigenvalue weighted by Crippen LogP contribution is 2.32. The fourth-order valence-electron chi connectivity index (χ4n) is 4.08. The van der Waals surface area contributed by atoms with E-state index in [1.165, 1.54) is 19.2 Å². The molecule has 2 N–H and O–H groups in total. The molecule has 168 valence electrons. The van der Waals surface area contributed by atoms with Crippen LogP contribution in [0, 0.1) is 5.82 Å². The first-order chi connectivity index (χ1) is 15.5. The minimum Gasteiger partial charge on any atom is -0.466 e. The zero-order valence-corrected chi connectivity index (χ0v) is 18.4. The average molecular weight is 459 g/mol. The van der Waals surface area contributed by atoms with Crippen LogP contribution in [0.5, 0.6) is 0 Å². The van der Waals surface area contributed by atoms with E-state index in [0.717, 1.165) is 31.9 Å². The summed E-state index contributed by atoms with van der Waals surface area (Å²) in [7, 11) is 1.31. The smallest absolute Gasteiger partial charge is 0.338 e. The molecule has 0 unspecified atom stereocenters. The van der Waals surface area contributed by atoms with E-state index in [2.05, 4.69) is 20.4 Å². The average Bonchev–Trinajstić information content (AvgIpc) is 2.80. The van der Waals surface area contributed by atoms with Gasteiger partial charge in [0.15, 0.2) is 0 Å². The molecule has 0 aromatic heterocycles. The third-order valence-electron chi connectivity index (χ3n) is 5.72. The summed E-state index contributed by atoms with van der Waals surface area (Å²) >= 11 is 6.36. The van der Waals surface area contributed by atoms with Crippen LogP contribution >= 0.6 is 11.6 Å². The largest absolute Gasteiger partial charge is 0.466 e. The van der Waals surface area contributed by atoms with Crippen molar-refractivity contribution in [3.05, 3.63) is 76.2 Å². The van der Waals surface area contributed by atoms with Crippen LogP contribution in [0.3, 0.4) is 0 Å². The van der Waals surface area contributed by atoms with E-state index in [1.807, 2.05) is 0 Å². The fourth-order valence-corrected chi connectivity index (χ4v) is 4.32. The minimum absolute atomic E-state index is 0.260. The van der Waals surface area contributed by atoms with Crippen molar-refractivity contribution in [3.8, 4) is 0 Å². The SMILES string of the molecule is COC(=O)C1=C(CN2CCN(c3ccc(F)cc3)CC2)NC(=O)N[C@@H]1c1ccccc1Cl. The number of carbonyl (C=O) groups is 2. The Kier molecular flexibility index (Phi) is 6.62. The van der Waals surface area contributed by atoms with Crippen molar-refractivity contribution in [2.24, 2.45) is 0 Å². The molecule has 0 bridgehead atoms. The second kappa shape index (κ2) is 9.58. The van der Waals surface area contributed by atoms with Crippen molar-refractivity contribution in [1.82, 2.24) is 15.5 Å². The number of methoxy groups -OCH3 is 1. The Bertz CT molecular complexity index is 1040. The summed E-state index contributed by atoms with van der Waals surface area (Å²) in [6.45, 7) is 3.31. The first kappa shape index (κ1) is 22.1. The predicted octanol–water partition coefficient (Wildman–Crippen LogP) is 3.08. The lowest BCUT2D eigenvalue weighted by Gasteiger charge is -2.38. The van der Waals surface area contributed by atoms with Crippen LogP contribution in [-0.4, -0.2) is 56.7 Å². The Morgan fingerprint density at radius 1 is 1.12 bits per heavy atom. The monoisotopic (exact) mass is 458 g/mol. The topological polar surface area (TPSA) is 73.9 Å². The number of piperazine rings is 1. The van der Waals surface area contributed by atoms with Crippen LogP contribution < -0.4 is 15.5 Å². The molecule has 2 aliphatic heterocycles. The third kappa shape index (κ3) is 4.71. The summed E-state index contributed by atoms with van der Waals surface area (Å²) in [5.74, 6) is -0.785. The van der Waals surface area contributed by atoms with Crippen molar-refractivity contribution in [2.45, 2.75) is 6.04 Å². The molecule has 1 fully saturated rings. The summed E-state index contributed by atoms with van der Waals surface area (Å²) in [5, 5.41) is 6.03. The fraction of sp³-hybridized carbons (Fsp3) is 0.304. The molecule has 2 aromatic carbocycles. The maximum Gasteiger partial charge on any atom is 0.338 e. The molecule has 2 heterocycles. The molecule has 0 radical (unpaired) electrons. The third-order valence-corrected chi connectivity index (χ3v) is 6.07. The van der Waals surface area contributed by atoms with Gasteiger partial charge < -0.3 is 20.3 Å². The van der Waals surface area contributed by atoms with Crippen molar-refractivity contribution < 1.29 is 18.7 Å². The number of hydrogen-bond acceptors (Lipinski definition) is 5. The van der Waals surface area contributed by atoms with Gasteiger partial charge in [-0.05, 0) is 35.9 Å². The van der Waals surface area contributed by atoms with Gasteiger partial charge in [-0.15, -0.1) is 0 Å². The van der Waals surface area contributed by atoms with Gasteiger partial charge in [-0.1, -0.05) is 29.8 Å². The molecule has 2 aromatic rings. The highest BCUT2D eigenvalue weighted by Gasteiger charge is 2.35. The van der Waals surface area contributed by atoms with Gasteiger partial charge in [0, 0.05) is 49.1 Å². The number of esters is 1. The molecule has 9 heteroatoms. The zero-order chi connectivity index (χ0) is 22.7. The summed E-state index contributed by atoms with van der Waals surface area (Å²) < 4.78 is 18.2. The predicted molar refractivity (Wildman–Crippen MR) is 120 cm³/mol. The number of anilines is 1. The molecular weight excluding hydrogens is 435 g/mol. The Labute approximate surface area is 190 Å². The van der Waals surface area contributed by atoms with Crippen molar-refractivity contribution in [3.63, 3.8) is 0 Å². The Morgan fingerprint density at radius 3 is 2.47 bits per heavy atom. The number of halogens is 2. The first-order valence-electron chi connectivity index (χ1n) is 10.3. The van der Waals surface area contributed by atoms with Gasteiger partial charge in [0.2, 0.25) is 0 Å². The molecule has 1 saturated heterocycles. The second-order valence-electron chi connectivity index (χ2n) is 7.68. The molecule has 0 aliphatic carbocycles. The van der Waals surface area contributed by atoms with E-state index in [0.29, 0.717) is 28.4 Å². The zero-order valence-electron chi connectivity index (χ0n) is 17.6. The summed E-state index contributed by atoms with van der Waals surface area (Å²) in [4.78, 5) is 29.5. The van der Waals surface area contributed by atoms with Crippen molar-refractivity contribution in [1.29, 1.82) is 0 Å². The van der Waals surface area contributed by atoms with E-state index in [9.17, 15) is 14.0 Å². The number of nitrogens with zero attached hydrogens (tertiary/aromatic N) is 2. The molecular formula is C23H24ClFN4O3. The lowest BCUT2D eigenvalue weighted by atomic mass is 9.95. The maximum absolute atomic E-state index is 13.2. The number of benzene rings is 2. The first-order valence-corrected chi connectivity index (χ1v) is 10.7. The van der Waals surface area contributed by atoms with Crippen LogP contribution in [0.25, 0.3) is 0 Å². The lowest BCUT2D eigenvalue weighted by Crippen LogP contribution is -2.51. The highest BCUT2D eigenvalue weighted by atomic mass is 35.5. The molecule has 0 saturated carbocycles. The van der Waals surface area contributed by atoms with E-state index in [4.69, 9.17) is 16.3 Å². The molecule has 1 atom stereocenters. The van der Waals surface area contributed by atoms with Crippen LogP contribution in [0.2, 0.25) is 5.02 Å². The Balaban J connectivity index is 1.55. The number of carbonyl (C=O) groups excluding carboxylic acids is 2.